The minimum absolute atomic E-state index is 0.113. The van der Waals surface area contributed by atoms with Gasteiger partial charge < -0.3 is 15.3 Å². The van der Waals surface area contributed by atoms with Gasteiger partial charge in [0.05, 0.1) is 11.9 Å². The van der Waals surface area contributed by atoms with Gasteiger partial charge in [-0.2, -0.15) is 5.10 Å². The Labute approximate surface area is 145 Å². The molecule has 3 rings (SSSR count). The van der Waals surface area contributed by atoms with Crippen molar-refractivity contribution in [2.45, 2.75) is 12.8 Å². The first-order valence-corrected chi connectivity index (χ1v) is 8.25. The minimum Gasteiger partial charge on any atom is -0.478 e. The van der Waals surface area contributed by atoms with Gasteiger partial charge in [0, 0.05) is 38.9 Å². The maximum Gasteiger partial charge on any atom is 0.339 e. The normalized spacial score (nSPS) is 15.2. The molecule has 1 aliphatic heterocycles. The summed E-state index contributed by atoms with van der Waals surface area (Å²) in [5, 5.41) is 16.4. The first-order chi connectivity index (χ1) is 12.0. The fourth-order valence-corrected chi connectivity index (χ4v) is 2.99. The maximum atomic E-state index is 11.7. The van der Waals surface area contributed by atoms with E-state index in [0.717, 1.165) is 31.6 Å². The van der Waals surface area contributed by atoms with Crippen molar-refractivity contribution in [1.82, 2.24) is 14.8 Å². The molecule has 8 heteroatoms. The number of nitrogens with zero attached hydrogens (tertiary/aromatic N) is 4. The summed E-state index contributed by atoms with van der Waals surface area (Å²) in [4.78, 5) is 29.2. The summed E-state index contributed by atoms with van der Waals surface area (Å²) in [5.41, 5.74) is 0.927. The fraction of sp³-hybridized carbons (Fsp3) is 0.412. The van der Waals surface area contributed by atoms with Crippen molar-refractivity contribution in [3.63, 3.8) is 0 Å². The molecule has 0 unspecified atom stereocenters. The van der Waals surface area contributed by atoms with Gasteiger partial charge in [0.2, 0.25) is 0 Å². The third-order valence-electron chi connectivity index (χ3n) is 4.53. The standard InChI is InChI=1S/C17H21N5O3/c1-21-15(23)9-13(11-20-21)22-7-4-12(5-8-22)10-19-16-14(17(24)25)3-2-6-18-16/h2-3,6,9,11-12H,4-5,7-8,10H2,1H3,(H,18,19)(H,24,25). The number of hydrogen-bond donors (Lipinski definition) is 2. The van der Waals surface area contributed by atoms with Crippen LogP contribution in [0.15, 0.2) is 35.4 Å². The molecule has 2 aromatic heterocycles. The van der Waals surface area contributed by atoms with Crippen molar-refractivity contribution in [1.29, 1.82) is 0 Å². The van der Waals surface area contributed by atoms with Gasteiger partial charge in [-0.25, -0.2) is 14.5 Å². The minimum atomic E-state index is -0.983. The van der Waals surface area contributed by atoms with Gasteiger partial charge in [-0.15, -0.1) is 0 Å². The summed E-state index contributed by atoms with van der Waals surface area (Å²) in [6, 6.07) is 4.77. The Kier molecular flexibility index (Phi) is 4.97. The van der Waals surface area contributed by atoms with Crippen LogP contribution in [-0.4, -0.2) is 45.5 Å². The Balaban J connectivity index is 1.55. The lowest BCUT2D eigenvalue weighted by Gasteiger charge is -2.33. The van der Waals surface area contributed by atoms with Gasteiger partial charge >= 0.3 is 5.97 Å². The van der Waals surface area contributed by atoms with E-state index in [4.69, 9.17) is 0 Å². The van der Waals surface area contributed by atoms with Crippen LogP contribution in [0.3, 0.4) is 0 Å². The molecule has 0 amide bonds. The van der Waals surface area contributed by atoms with Crippen LogP contribution in [0.25, 0.3) is 0 Å². The van der Waals surface area contributed by atoms with Crippen molar-refractivity contribution in [2.24, 2.45) is 13.0 Å². The summed E-state index contributed by atoms with van der Waals surface area (Å²) in [6.07, 6.45) is 5.21. The molecule has 0 spiro atoms. The largest absolute Gasteiger partial charge is 0.478 e. The first kappa shape index (κ1) is 16.9. The molecule has 1 aliphatic rings. The van der Waals surface area contributed by atoms with Crippen molar-refractivity contribution >= 4 is 17.5 Å². The van der Waals surface area contributed by atoms with Crippen LogP contribution in [0.5, 0.6) is 0 Å². The molecule has 1 fully saturated rings. The molecular formula is C17H21N5O3. The van der Waals surface area contributed by atoms with Crippen LogP contribution in [0.4, 0.5) is 11.5 Å². The Hall–Kier alpha value is -2.90. The molecule has 0 atom stereocenters. The van der Waals surface area contributed by atoms with Gasteiger partial charge in [0.15, 0.2) is 0 Å². The predicted molar refractivity (Wildman–Crippen MR) is 94.1 cm³/mol. The number of pyridine rings is 1. The Morgan fingerprint density at radius 2 is 2.16 bits per heavy atom. The zero-order valence-electron chi connectivity index (χ0n) is 14.1. The van der Waals surface area contributed by atoms with Crippen molar-refractivity contribution in [3.05, 3.63) is 46.5 Å². The molecule has 0 radical (unpaired) electrons. The average Bonchev–Trinajstić information content (AvgIpc) is 2.63. The van der Waals surface area contributed by atoms with E-state index in [2.05, 4.69) is 20.3 Å². The van der Waals surface area contributed by atoms with E-state index in [1.807, 2.05) is 0 Å². The van der Waals surface area contributed by atoms with Crippen LogP contribution in [0.2, 0.25) is 0 Å². The Morgan fingerprint density at radius 3 is 2.84 bits per heavy atom. The van der Waals surface area contributed by atoms with E-state index in [0.29, 0.717) is 18.3 Å². The number of carboxylic acids is 1. The highest BCUT2D eigenvalue weighted by molar-refractivity contribution is 5.92. The number of carboxylic acid groups (broad SMARTS) is 1. The van der Waals surface area contributed by atoms with Crippen LogP contribution in [0, 0.1) is 5.92 Å². The van der Waals surface area contributed by atoms with Crippen LogP contribution < -0.4 is 15.8 Å². The molecule has 0 aromatic carbocycles. The molecule has 3 heterocycles. The number of hydrogen-bond acceptors (Lipinski definition) is 6. The lowest BCUT2D eigenvalue weighted by atomic mass is 9.96. The van der Waals surface area contributed by atoms with E-state index >= 15 is 0 Å². The second kappa shape index (κ2) is 7.33. The number of nitrogens with one attached hydrogen (secondary N) is 1. The second-order valence-corrected chi connectivity index (χ2v) is 6.19. The highest BCUT2D eigenvalue weighted by Crippen LogP contribution is 2.22. The topological polar surface area (TPSA) is 100 Å². The molecule has 0 bridgehead atoms. The summed E-state index contributed by atoms with van der Waals surface area (Å²) in [6.45, 7) is 2.37. The summed E-state index contributed by atoms with van der Waals surface area (Å²) < 4.78 is 1.31. The number of aromatic carboxylic acids is 1. The SMILES string of the molecule is Cn1ncc(N2CCC(CNc3ncccc3C(=O)O)CC2)cc1=O. The Morgan fingerprint density at radius 1 is 1.40 bits per heavy atom. The summed E-state index contributed by atoms with van der Waals surface area (Å²) >= 11 is 0. The quantitative estimate of drug-likeness (QED) is 0.841. The van der Waals surface area contributed by atoms with Crippen LogP contribution >= 0.6 is 0 Å². The summed E-state index contributed by atoms with van der Waals surface area (Å²) in [7, 11) is 1.63. The molecular weight excluding hydrogens is 322 g/mol. The van der Waals surface area contributed by atoms with Crippen molar-refractivity contribution in [3.8, 4) is 0 Å². The highest BCUT2D eigenvalue weighted by atomic mass is 16.4. The fourth-order valence-electron chi connectivity index (χ4n) is 2.99. The number of rotatable bonds is 5. The molecule has 25 heavy (non-hydrogen) atoms. The van der Waals surface area contributed by atoms with Crippen molar-refractivity contribution in [2.75, 3.05) is 29.9 Å². The monoisotopic (exact) mass is 343 g/mol. The summed E-state index contributed by atoms with van der Waals surface area (Å²) in [5.74, 6) is -0.142. The lowest BCUT2D eigenvalue weighted by molar-refractivity contribution is 0.0697. The molecule has 0 saturated carbocycles. The lowest BCUT2D eigenvalue weighted by Crippen LogP contribution is -2.37. The zero-order chi connectivity index (χ0) is 17.8. The Bertz CT molecular complexity index is 812. The van der Waals surface area contributed by atoms with Crippen molar-refractivity contribution < 1.29 is 9.90 Å². The molecule has 8 nitrogen and oxygen atoms in total. The maximum absolute atomic E-state index is 11.7. The molecule has 132 valence electrons. The zero-order valence-corrected chi connectivity index (χ0v) is 14.1. The van der Waals surface area contributed by atoms with E-state index < -0.39 is 5.97 Å². The molecule has 2 N–H and O–H groups in total. The smallest absolute Gasteiger partial charge is 0.339 e. The van der Waals surface area contributed by atoms with E-state index in [1.54, 1.807) is 37.6 Å². The molecule has 0 aliphatic carbocycles. The van der Waals surface area contributed by atoms with Crippen LogP contribution in [0.1, 0.15) is 23.2 Å². The van der Waals surface area contributed by atoms with Gasteiger partial charge in [0.1, 0.15) is 11.4 Å². The number of piperidine rings is 1. The third kappa shape index (κ3) is 3.96. The third-order valence-corrected chi connectivity index (χ3v) is 4.53. The van der Waals surface area contributed by atoms with E-state index in [9.17, 15) is 14.7 Å². The first-order valence-electron chi connectivity index (χ1n) is 8.25. The van der Waals surface area contributed by atoms with Gasteiger partial charge in [-0.1, -0.05) is 0 Å². The number of anilines is 2. The molecule has 1 saturated heterocycles. The number of aromatic nitrogens is 3. The van der Waals surface area contributed by atoms with Crippen LogP contribution in [-0.2, 0) is 7.05 Å². The van der Waals surface area contributed by atoms with Gasteiger partial charge in [-0.3, -0.25) is 4.79 Å². The second-order valence-electron chi connectivity index (χ2n) is 6.19. The van der Waals surface area contributed by atoms with E-state index in [-0.39, 0.29) is 11.1 Å². The molecule has 2 aromatic rings. The van der Waals surface area contributed by atoms with Gasteiger partial charge in [0.25, 0.3) is 5.56 Å². The number of carbonyl (C=O) groups is 1. The van der Waals surface area contributed by atoms with Gasteiger partial charge in [-0.05, 0) is 30.9 Å². The predicted octanol–water partition coefficient (Wildman–Crippen LogP) is 1.20. The highest BCUT2D eigenvalue weighted by Gasteiger charge is 2.21. The number of aryl methyl sites for hydroxylation is 1. The van der Waals surface area contributed by atoms with E-state index in [1.165, 1.54) is 4.68 Å². The average molecular weight is 343 g/mol.